The Balaban J connectivity index is 1.84. The van der Waals surface area contributed by atoms with Gasteiger partial charge >= 0.3 is 0 Å². The lowest BCUT2D eigenvalue weighted by atomic mass is 10.1. The molecule has 0 radical (unpaired) electrons. The number of nitrogens with one attached hydrogen (secondary N) is 1. The van der Waals surface area contributed by atoms with E-state index in [4.69, 9.17) is 5.73 Å². The Bertz CT molecular complexity index is 529. The minimum absolute atomic E-state index is 0.626. The first-order valence-corrected chi connectivity index (χ1v) is 7.32. The predicted octanol–water partition coefficient (Wildman–Crippen LogP) is 1.77. The molecule has 0 amide bonds. The van der Waals surface area contributed by atoms with E-state index in [0.717, 1.165) is 32.7 Å². The van der Waals surface area contributed by atoms with Crippen molar-refractivity contribution in [3.8, 4) is 0 Å². The first-order valence-electron chi connectivity index (χ1n) is 6.50. The SMILES string of the molecule is NCc1cccc2sc(CN3CCNCC3)cc12. The van der Waals surface area contributed by atoms with Crippen LogP contribution in [0.1, 0.15) is 10.4 Å². The van der Waals surface area contributed by atoms with Gasteiger partial charge in [0.15, 0.2) is 0 Å². The van der Waals surface area contributed by atoms with E-state index in [1.807, 2.05) is 11.3 Å². The van der Waals surface area contributed by atoms with Gasteiger partial charge in [-0.05, 0) is 23.1 Å². The van der Waals surface area contributed by atoms with Gasteiger partial charge in [0.2, 0.25) is 0 Å². The minimum atomic E-state index is 0.626. The maximum Gasteiger partial charge on any atom is 0.0349 e. The van der Waals surface area contributed by atoms with Gasteiger partial charge in [-0.1, -0.05) is 12.1 Å². The summed E-state index contributed by atoms with van der Waals surface area (Å²) in [5.41, 5.74) is 7.05. The third-order valence-electron chi connectivity index (χ3n) is 3.51. The van der Waals surface area contributed by atoms with E-state index >= 15 is 0 Å². The van der Waals surface area contributed by atoms with Gasteiger partial charge in [-0.15, -0.1) is 11.3 Å². The highest BCUT2D eigenvalue weighted by atomic mass is 32.1. The first-order chi connectivity index (χ1) is 8.86. The van der Waals surface area contributed by atoms with Gasteiger partial charge in [-0.2, -0.15) is 0 Å². The van der Waals surface area contributed by atoms with Crippen LogP contribution in [0.2, 0.25) is 0 Å². The lowest BCUT2D eigenvalue weighted by Gasteiger charge is -2.26. The molecule has 3 rings (SSSR count). The number of fused-ring (bicyclic) bond motifs is 1. The van der Waals surface area contributed by atoms with Crippen LogP contribution in [0.4, 0.5) is 0 Å². The lowest BCUT2D eigenvalue weighted by molar-refractivity contribution is 0.235. The van der Waals surface area contributed by atoms with E-state index in [9.17, 15) is 0 Å². The summed E-state index contributed by atoms with van der Waals surface area (Å²) in [5.74, 6) is 0. The van der Waals surface area contributed by atoms with Gasteiger partial charge in [0.1, 0.15) is 0 Å². The average molecular weight is 261 g/mol. The zero-order chi connectivity index (χ0) is 12.4. The molecular formula is C14H19N3S. The molecule has 1 aromatic carbocycles. The highest BCUT2D eigenvalue weighted by Crippen LogP contribution is 2.29. The zero-order valence-corrected chi connectivity index (χ0v) is 11.3. The third-order valence-corrected chi connectivity index (χ3v) is 4.60. The average Bonchev–Trinajstić information content (AvgIpc) is 2.82. The van der Waals surface area contributed by atoms with Crippen molar-refractivity contribution in [3.05, 3.63) is 34.7 Å². The van der Waals surface area contributed by atoms with E-state index in [1.54, 1.807) is 0 Å². The molecule has 3 nitrogen and oxygen atoms in total. The van der Waals surface area contributed by atoms with E-state index in [0.29, 0.717) is 6.54 Å². The Labute approximate surface area is 112 Å². The standard InChI is InChI=1S/C14H19N3S/c15-9-11-2-1-3-14-13(11)8-12(18-14)10-17-6-4-16-5-7-17/h1-3,8,16H,4-7,9-10,15H2. The van der Waals surface area contributed by atoms with Gasteiger partial charge in [0.25, 0.3) is 0 Å². The number of hydrogen-bond donors (Lipinski definition) is 2. The number of hydrogen-bond acceptors (Lipinski definition) is 4. The van der Waals surface area contributed by atoms with Crippen molar-refractivity contribution in [2.24, 2.45) is 5.73 Å². The largest absolute Gasteiger partial charge is 0.326 e. The Morgan fingerprint density at radius 3 is 2.89 bits per heavy atom. The van der Waals surface area contributed by atoms with Crippen LogP contribution in [0.5, 0.6) is 0 Å². The molecule has 1 aliphatic heterocycles. The lowest BCUT2D eigenvalue weighted by Crippen LogP contribution is -2.42. The quantitative estimate of drug-likeness (QED) is 0.884. The molecule has 0 bridgehead atoms. The van der Waals surface area contributed by atoms with Gasteiger partial charge in [0.05, 0.1) is 0 Å². The van der Waals surface area contributed by atoms with E-state index in [1.165, 1.54) is 20.5 Å². The third kappa shape index (κ3) is 2.42. The van der Waals surface area contributed by atoms with E-state index in [-0.39, 0.29) is 0 Å². The summed E-state index contributed by atoms with van der Waals surface area (Å²) < 4.78 is 1.36. The number of nitrogens with two attached hydrogens (primary N) is 1. The summed E-state index contributed by atoms with van der Waals surface area (Å²) in [6, 6.07) is 8.75. The van der Waals surface area contributed by atoms with Gasteiger partial charge in [-0.25, -0.2) is 0 Å². The summed E-state index contributed by atoms with van der Waals surface area (Å²) in [7, 11) is 0. The fourth-order valence-corrected chi connectivity index (χ4v) is 3.67. The first kappa shape index (κ1) is 12.1. The fourth-order valence-electron chi connectivity index (χ4n) is 2.52. The Hall–Kier alpha value is -0.940. The van der Waals surface area contributed by atoms with Crippen molar-refractivity contribution in [3.63, 3.8) is 0 Å². The van der Waals surface area contributed by atoms with Crippen LogP contribution >= 0.6 is 11.3 Å². The molecular weight excluding hydrogens is 242 g/mol. The summed E-state index contributed by atoms with van der Waals surface area (Å²) >= 11 is 1.90. The highest BCUT2D eigenvalue weighted by molar-refractivity contribution is 7.19. The molecule has 96 valence electrons. The van der Waals surface area contributed by atoms with Crippen molar-refractivity contribution in [1.29, 1.82) is 0 Å². The molecule has 1 aliphatic rings. The predicted molar refractivity (Wildman–Crippen MR) is 77.9 cm³/mol. The molecule has 2 heterocycles. The second-order valence-electron chi connectivity index (χ2n) is 4.77. The van der Waals surface area contributed by atoms with Crippen molar-refractivity contribution < 1.29 is 0 Å². The Morgan fingerprint density at radius 2 is 2.11 bits per heavy atom. The number of thiophene rings is 1. The molecule has 18 heavy (non-hydrogen) atoms. The molecule has 1 fully saturated rings. The Kier molecular flexibility index (Phi) is 3.61. The van der Waals surface area contributed by atoms with Crippen LogP contribution in [0, 0.1) is 0 Å². The second-order valence-corrected chi connectivity index (χ2v) is 5.94. The maximum atomic E-state index is 5.80. The van der Waals surface area contributed by atoms with Crippen molar-refractivity contribution >= 4 is 21.4 Å². The van der Waals surface area contributed by atoms with Gasteiger partial charge < -0.3 is 11.1 Å². The Morgan fingerprint density at radius 1 is 1.28 bits per heavy atom. The summed E-state index contributed by atoms with van der Waals surface area (Å²) in [5, 5.41) is 4.73. The van der Waals surface area contributed by atoms with Gasteiger partial charge in [0, 0.05) is 48.8 Å². The maximum absolute atomic E-state index is 5.80. The van der Waals surface area contributed by atoms with Crippen molar-refractivity contribution in [1.82, 2.24) is 10.2 Å². The molecule has 1 saturated heterocycles. The number of rotatable bonds is 3. The monoisotopic (exact) mass is 261 g/mol. The molecule has 4 heteroatoms. The molecule has 0 spiro atoms. The normalized spacial score (nSPS) is 17.4. The van der Waals surface area contributed by atoms with E-state index < -0.39 is 0 Å². The molecule has 0 aliphatic carbocycles. The number of piperazine rings is 1. The van der Waals surface area contributed by atoms with E-state index in [2.05, 4.69) is 34.5 Å². The van der Waals surface area contributed by atoms with Crippen LogP contribution in [-0.2, 0) is 13.1 Å². The molecule has 1 aromatic heterocycles. The molecule has 0 unspecified atom stereocenters. The highest BCUT2D eigenvalue weighted by Gasteiger charge is 2.12. The van der Waals surface area contributed by atoms with Crippen LogP contribution in [0.25, 0.3) is 10.1 Å². The molecule has 0 saturated carbocycles. The molecule has 2 aromatic rings. The number of benzene rings is 1. The molecule has 3 N–H and O–H groups in total. The topological polar surface area (TPSA) is 41.3 Å². The fraction of sp³-hybridized carbons (Fsp3) is 0.429. The van der Waals surface area contributed by atoms with Gasteiger partial charge in [-0.3, -0.25) is 4.90 Å². The molecule has 0 atom stereocenters. The van der Waals surface area contributed by atoms with Crippen LogP contribution < -0.4 is 11.1 Å². The zero-order valence-electron chi connectivity index (χ0n) is 10.5. The second kappa shape index (κ2) is 5.36. The summed E-state index contributed by atoms with van der Waals surface area (Å²) in [4.78, 5) is 3.97. The van der Waals surface area contributed by atoms with Crippen LogP contribution in [-0.4, -0.2) is 31.1 Å². The smallest absolute Gasteiger partial charge is 0.0349 e. The van der Waals surface area contributed by atoms with Crippen molar-refractivity contribution in [2.45, 2.75) is 13.1 Å². The van der Waals surface area contributed by atoms with Crippen LogP contribution in [0.15, 0.2) is 24.3 Å². The van der Waals surface area contributed by atoms with Crippen LogP contribution in [0.3, 0.4) is 0 Å². The minimum Gasteiger partial charge on any atom is -0.326 e. The number of nitrogens with zero attached hydrogens (tertiary/aromatic N) is 1. The summed E-state index contributed by atoms with van der Waals surface area (Å²) in [6.07, 6.45) is 0. The van der Waals surface area contributed by atoms with Crippen molar-refractivity contribution in [2.75, 3.05) is 26.2 Å². The summed E-state index contributed by atoms with van der Waals surface area (Å²) in [6.45, 7) is 6.22.